The molecule has 0 aliphatic heterocycles. The first-order chi connectivity index (χ1) is 4.86. The van der Waals surface area contributed by atoms with E-state index in [1.54, 1.807) is 0 Å². The molecule has 0 saturated heterocycles. The quantitative estimate of drug-likeness (QED) is 0.661. The monoisotopic (exact) mass is 261 g/mol. The van der Waals surface area contributed by atoms with E-state index in [1.165, 1.54) is 9.65 Å². The Morgan fingerprint density at radius 2 is 2.30 bits per heavy atom. The van der Waals surface area contributed by atoms with Gasteiger partial charge in [-0.15, -0.1) is 0 Å². The first kappa shape index (κ1) is 6.59. The number of fused-ring (bicyclic) bond motifs is 1. The molecule has 0 saturated carbocycles. The summed E-state index contributed by atoms with van der Waals surface area (Å²) in [5.41, 5.74) is 0. The summed E-state index contributed by atoms with van der Waals surface area (Å²) in [6, 6.07) is 6.30. The van der Waals surface area contributed by atoms with Crippen LogP contribution in [0.3, 0.4) is 0 Å². The van der Waals surface area contributed by atoms with Crippen molar-refractivity contribution in [2.24, 2.45) is 0 Å². The van der Waals surface area contributed by atoms with Gasteiger partial charge >= 0.3 is 73.2 Å². The van der Waals surface area contributed by atoms with Gasteiger partial charge in [0.1, 0.15) is 0 Å². The van der Waals surface area contributed by atoms with E-state index in [0.717, 1.165) is 4.47 Å². The molecule has 0 N–H and O–H groups in total. The second-order valence-corrected chi connectivity index (χ2v) is 4.67. The van der Waals surface area contributed by atoms with E-state index in [2.05, 4.69) is 38.1 Å². The van der Waals surface area contributed by atoms with E-state index in [-0.39, 0.29) is 0 Å². The molecule has 0 atom stereocenters. The molecule has 0 spiro atoms. The summed E-state index contributed by atoms with van der Waals surface area (Å²) in [5.74, 6) is 0. The molecule has 1 nitrogen and oxygen atoms in total. The fourth-order valence-corrected chi connectivity index (χ4v) is 2.53. The molecule has 0 aliphatic rings. The van der Waals surface area contributed by atoms with Crippen LogP contribution in [0.25, 0.3) is 9.65 Å². The van der Waals surface area contributed by atoms with E-state index >= 15 is 0 Å². The molecule has 0 bridgehead atoms. The number of rotatable bonds is 0. The normalized spacial score (nSPS) is 10.5. The number of nitrogens with zero attached hydrogens (tertiary/aromatic N) is 1. The van der Waals surface area contributed by atoms with Crippen LogP contribution < -0.4 is 0 Å². The third kappa shape index (κ3) is 1.05. The molecule has 1 aromatic carbocycles. The minimum atomic E-state index is 0.343. The molecule has 1 aromatic heterocycles. The first-order valence-electron chi connectivity index (χ1n) is 2.86. The molecule has 50 valence electrons. The molecule has 10 heavy (non-hydrogen) atoms. The predicted octanol–water partition coefficient (Wildman–Crippen LogP) is 2.05. The molecule has 0 unspecified atom stereocenters. The van der Waals surface area contributed by atoms with Crippen LogP contribution in [-0.4, -0.2) is 18.7 Å². The van der Waals surface area contributed by atoms with Gasteiger partial charge in [0.2, 0.25) is 0 Å². The topological polar surface area (TPSA) is 12.9 Å². The number of hydrogen-bond donors (Lipinski definition) is 0. The number of hydrogen-bond acceptors (Lipinski definition) is 1. The molecule has 2 rings (SSSR count). The Kier molecular flexibility index (Phi) is 1.64. The Labute approximate surface area is 73.2 Å². The minimum absolute atomic E-state index is 0.343. The van der Waals surface area contributed by atoms with Crippen LogP contribution in [0.5, 0.6) is 0 Å². The van der Waals surface area contributed by atoms with Crippen molar-refractivity contribution in [3.05, 3.63) is 28.9 Å². The zero-order chi connectivity index (χ0) is 6.97. The average Bonchev–Trinajstić information content (AvgIpc) is 2.33. The van der Waals surface area contributed by atoms with Gasteiger partial charge in [0.15, 0.2) is 0 Å². The third-order valence-electron chi connectivity index (χ3n) is 1.31. The predicted molar refractivity (Wildman–Crippen MR) is 46.4 cm³/mol. The number of benzene rings is 1. The molecule has 0 amide bonds. The number of halogens is 1. The van der Waals surface area contributed by atoms with Gasteiger partial charge < -0.3 is 0 Å². The van der Waals surface area contributed by atoms with Crippen LogP contribution in [0, 0.1) is 0 Å². The maximum absolute atomic E-state index is 4.21. The second kappa shape index (κ2) is 2.50. The fourth-order valence-electron chi connectivity index (χ4n) is 0.843. The van der Waals surface area contributed by atoms with Crippen LogP contribution in [-0.2, 0) is 0 Å². The first-order valence-corrected chi connectivity index (χ1v) is 5.28. The van der Waals surface area contributed by atoms with Crippen LogP contribution in [0.15, 0.2) is 28.9 Å². The summed E-state index contributed by atoms with van der Waals surface area (Å²) in [5, 5.41) is 1.27. The second-order valence-electron chi connectivity index (χ2n) is 2.01. The van der Waals surface area contributed by atoms with Crippen molar-refractivity contribution in [3.63, 3.8) is 0 Å². The van der Waals surface area contributed by atoms with Crippen molar-refractivity contribution in [2.75, 3.05) is 0 Å². The zero-order valence-corrected chi connectivity index (χ0v) is 8.34. The van der Waals surface area contributed by atoms with Gasteiger partial charge in [-0.25, -0.2) is 0 Å². The van der Waals surface area contributed by atoms with Crippen molar-refractivity contribution >= 4 is 40.3 Å². The Morgan fingerprint density at radius 1 is 1.40 bits per heavy atom. The summed E-state index contributed by atoms with van der Waals surface area (Å²) in [7, 11) is 0. The van der Waals surface area contributed by atoms with Gasteiger partial charge in [0.05, 0.1) is 0 Å². The van der Waals surface area contributed by atoms with Gasteiger partial charge in [-0.05, 0) is 0 Å². The summed E-state index contributed by atoms with van der Waals surface area (Å²) in [6.45, 7) is 0. The molecule has 1 heterocycles. The van der Waals surface area contributed by atoms with E-state index in [1.807, 2.05) is 6.20 Å². The Balaban J connectivity index is 2.86. The van der Waals surface area contributed by atoms with Gasteiger partial charge in [0, 0.05) is 0 Å². The zero-order valence-electron chi connectivity index (χ0n) is 5.04. The Morgan fingerprint density at radius 3 is 3.20 bits per heavy atom. The molecular formula is C7H4BrNSe. The summed E-state index contributed by atoms with van der Waals surface area (Å²) in [6.07, 6.45) is 1.94. The van der Waals surface area contributed by atoms with E-state index in [4.69, 9.17) is 0 Å². The standard InChI is InChI=1S/C7H4BrNSe/c8-6-1-2-7-5(3-6)4-9-10-7/h1-4H. The van der Waals surface area contributed by atoms with Crippen molar-refractivity contribution in [3.8, 4) is 0 Å². The molecule has 0 aliphatic carbocycles. The van der Waals surface area contributed by atoms with Gasteiger partial charge in [-0.1, -0.05) is 0 Å². The van der Waals surface area contributed by atoms with Crippen LogP contribution in [0.4, 0.5) is 0 Å². The summed E-state index contributed by atoms with van der Waals surface area (Å²) < 4.78 is 6.73. The molecule has 0 radical (unpaired) electrons. The van der Waals surface area contributed by atoms with Crippen molar-refractivity contribution in [1.29, 1.82) is 0 Å². The van der Waals surface area contributed by atoms with Crippen LogP contribution >= 0.6 is 15.9 Å². The molecular weight excluding hydrogens is 257 g/mol. The fraction of sp³-hybridized carbons (Fsp3) is 0. The van der Waals surface area contributed by atoms with Gasteiger partial charge in [0.25, 0.3) is 0 Å². The van der Waals surface area contributed by atoms with Crippen molar-refractivity contribution < 1.29 is 0 Å². The maximum atomic E-state index is 4.21. The van der Waals surface area contributed by atoms with Crippen molar-refractivity contribution in [2.45, 2.75) is 0 Å². The Hall–Kier alpha value is -0.111. The van der Waals surface area contributed by atoms with Crippen LogP contribution in [0.1, 0.15) is 0 Å². The summed E-state index contributed by atoms with van der Waals surface area (Å²) in [4.78, 5) is 0. The number of aromatic nitrogens is 1. The van der Waals surface area contributed by atoms with E-state index < -0.39 is 0 Å². The van der Waals surface area contributed by atoms with Gasteiger partial charge in [-0.2, -0.15) is 0 Å². The molecule has 0 fully saturated rings. The van der Waals surface area contributed by atoms with E-state index in [0.29, 0.717) is 14.7 Å². The molecule has 3 heteroatoms. The molecule has 2 aromatic rings. The Bertz CT molecular complexity index is 355. The average molecular weight is 261 g/mol. The van der Waals surface area contributed by atoms with E-state index in [9.17, 15) is 0 Å². The SMILES string of the molecule is Brc1ccc2[se]ncc2c1. The van der Waals surface area contributed by atoms with Crippen LogP contribution in [0.2, 0.25) is 0 Å². The van der Waals surface area contributed by atoms with Crippen molar-refractivity contribution in [1.82, 2.24) is 3.98 Å². The van der Waals surface area contributed by atoms with Gasteiger partial charge in [-0.3, -0.25) is 0 Å². The summed E-state index contributed by atoms with van der Waals surface area (Å²) >= 11 is 3.75. The third-order valence-corrected chi connectivity index (χ3v) is 3.44.